The minimum absolute atomic E-state index is 0.245. The topological polar surface area (TPSA) is 69.9 Å². The van der Waals surface area contributed by atoms with Gasteiger partial charge in [0.15, 0.2) is 11.5 Å². The van der Waals surface area contributed by atoms with Crippen LogP contribution in [0.25, 0.3) is 11.0 Å². The second kappa shape index (κ2) is 9.17. The summed E-state index contributed by atoms with van der Waals surface area (Å²) in [6.07, 6.45) is 0. The van der Waals surface area contributed by atoms with Crippen molar-refractivity contribution in [1.82, 2.24) is 5.32 Å². The number of amides is 1. The number of nitrogens with one attached hydrogen (secondary N) is 1. The monoisotopic (exact) mass is 383 g/mol. The quantitative estimate of drug-likeness (QED) is 0.587. The summed E-state index contributed by atoms with van der Waals surface area (Å²) in [6.45, 7) is 7.31. The number of hydrogen-bond donors (Lipinski definition) is 1. The minimum Gasteiger partial charge on any atom is -0.490 e. The van der Waals surface area contributed by atoms with E-state index >= 15 is 0 Å². The zero-order chi connectivity index (χ0) is 19.9. The Hall–Kier alpha value is -3.15. The first-order valence-electron chi connectivity index (χ1n) is 9.48. The van der Waals surface area contributed by atoms with Gasteiger partial charge < -0.3 is 23.9 Å². The van der Waals surface area contributed by atoms with E-state index in [0.717, 1.165) is 11.0 Å². The second-order valence-electron chi connectivity index (χ2n) is 6.03. The Bertz CT molecular complexity index is 887. The zero-order valence-corrected chi connectivity index (χ0v) is 16.4. The summed E-state index contributed by atoms with van der Waals surface area (Å²) >= 11 is 0. The van der Waals surface area contributed by atoms with Gasteiger partial charge in [0.25, 0.3) is 5.91 Å². The Morgan fingerprint density at radius 3 is 2.18 bits per heavy atom. The van der Waals surface area contributed by atoms with Gasteiger partial charge in [-0.25, -0.2) is 0 Å². The molecule has 28 heavy (non-hydrogen) atoms. The largest absolute Gasteiger partial charge is 0.490 e. The van der Waals surface area contributed by atoms with E-state index in [9.17, 15) is 4.79 Å². The fourth-order valence-corrected chi connectivity index (χ4v) is 2.91. The van der Waals surface area contributed by atoms with Crippen molar-refractivity contribution in [1.29, 1.82) is 0 Å². The number of carbonyl (C=O) groups is 1. The smallest absolute Gasteiger partial charge is 0.251 e. The summed E-state index contributed by atoms with van der Waals surface area (Å²) in [5, 5.41) is 3.89. The number of ether oxygens (including phenoxy) is 3. The molecule has 1 heterocycles. The number of furan rings is 1. The number of hydrogen-bond acceptors (Lipinski definition) is 5. The number of fused-ring (bicyclic) bond motifs is 1. The van der Waals surface area contributed by atoms with E-state index in [1.165, 1.54) is 0 Å². The van der Waals surface area contributed by atoms with Gasteiger partial charge in [-0.2, -0.15) is 0 Å². The van der Waals surface area contributed by atoms with Crippen LogP contribution >= 0.6 is 0 Å². The first-order valence-corrected chi connectivity index (χ1v) is 9.48. The maximum Gasteiger partial charge on any atom is 0.251 e. The molecule has 3 aromatic rings. The van der Waals surface area contributed by atoms with Gasteiger partial charge in [-0.05, 0) is 45.0 Å². The van der Waals surface area contributed by atoms with Gasteiger partial charge >= 0.3 is 0 Å². The van der Waals surface area contributed by atoms with Crippen molar-refractivity contribution < 1.29 is 23.4 Å². The Balaban J connectivity index is 1.81. The lowest BCUT2D eigenvalue weighted by Crippen LogP contribution is -2.22. The number of carbonyl (C=O) groups excluding carboxylic acids is 1. The van der Waals surface area contributed by atoms with Gasteiger partial charge in [0, 0.05) is 10.9 Å². The first-order chi connectivity index (χ1) is 13.7. The van der Waals surface area contributed by atoms with E-state index in [1.54, 1.807) is 12.1 Å². The van der Waals surface area contributed by atoms with E-state index in [-0.39, 0.29) is 12.5 Å². The summed E-state index contributed by atoms with van der Waals surface area (Å²) in [4.78, 5) is 12.7. The Kier molecular flexibility index (Phi) is 6.42. The average molecular weight is 383 g/mol. The third kappa shape index (κ3) is 4.39. The van der Waals surface area contributed by atoms with Gasteiger partial charge in [0.2, 0.25) is 5.75 Å². The fourth-order valence-electron chi connectivity index (χ4n) is 2.91. The number of para-hydroxylation sites is 1. The van der Waals surface area contributed by atoms with Crippen LogP contribution in [0.15, 0.2) is 46.9 Å². The fraction of sp³-hybridized carbons (Fsp3) is 0.318. The number of benzene rings is 2. The molecule has 1 amide bonds. The van der Waals surface area contributed by atoms with Crippen LogP contribution in [-0.2, 0) is 6.54 Å². The molecule has 0 spiro atoms. The Labute approximate surface area is 164 Å². The molecule has 0 atom stereocenters. The predicted octanol–water partition coefficient (Wildman–Crippen LogP) is 4.56. The predicted molar refractivity (Wildman–Crippen MR) is 107 cm³/mol. The Morgan fingerprint density at radius 2 is 1.57 bits per heavy atom. The van der Waals surface area contributed by atoms with Crippen LogP contribution < -0.4 is 19.5 Å². The maximum absolute atomic E-state index is 12.7. The lowest BCUT2D eigenvalue weighted by atomic mass is 10.1. The molecule has 1 aromatic heterocycles. The van der Waals surface area contributed by atoms with Crippen LogP contribution in [0.2, 0.25) is 0 Å². The third-order valence-electron chi connectivity index (χ3n) is 4.07. The summed E-state index contributed by atoms with van der Waals surface area (Å²) in [5.41, 5.74) is 1.23. The molecule has 0 fully saturated rings. The molecule has 0 unspecified atom stereocenters. The first kappa shape index (κ1) is 19.6. The lowest BCUT2D eigenvalue weighted by molar-refractivity contribution is 0.0947. The third-order valence-corrected chi connectivity index (χ3v) is 4.07. The molecule has 0 saturated carbocycles. The van der Waals surface area contributed by atoms with Gasteiger partial charge in [-0.3, -0.25) is 4.79 Å². The molecule has 0 aliphatic heterocycles. The van der Waals surface area contributed by atoms with Gasteiger partial charge in [0.05, 0.1) is 26.4 Å². The van der Waals surface area contributed by atoms with Crippen molar-refractivity contribution in [3.63, 3.8) is 0 Å². The normalized spacial score (nSPS) is 10.7. The average Bonchev–Trinajstić information content (AvgIpc) is 3.11. The van der Waals surface area contributed by atoms with Gasteiger partial charge in [-0.15, -0.1) is 0 Å². The van der Waals surface area contributed by atoms with Gasteiger partial charge in [0.1, 0.15) is 11.3 Å². The summed E-state index contributed by atoms with van der Waals surface area (Å²) < 4.78 is 22.8. The van der Waals surface area contributed by atoms with Crippen molar-refractivity contribution in [2.75, 3.05) is 19.8 Å². The minimum atomic E-state index is -0.245. The highest BCUT2D eigenvalue weighted by molar-refractivity contribution is 5.95. The summed E-state index contributed by atoms with van der Waals surface area (Å²) in [5.74, 6) is 1.94. The molecular formula is C22H25NO5. The molecule has 2 aromatic carbocycles. The summed E-state index contributed by atoms with van der Waals surface area (Å²) in [6, 6.07) is 13.0. The van der Waals surface area contributed by atoms with Crippen molar-refractivity contribution in [2.24, 2.45) is 0 Å². The van der Waals surface area contributed by atoms with Crippen LogP contribution in [0, 0.1) is 0 Å². The van der Waals surface area contributed by atoms with Crippen molar-refractivity contribution in [3.05, 3.63) is 53.8 Å². The molecule has 0 bridgehead atoms. The molecule has 0 aliphatic carbocycles. The van der Waals surface area contributed by atoms with E-state index in [2.05, 4.69) is 5.32 Å². The highest BCUT2D eigenvalue weighted by atomic mass is 16.5. The van der Waals surface area contributed by atoms with E-state index in [1.807, 2.05) is 51.1 Å². The van der Waals surface area contributed by atoms with Crippen molar-refractivity contribution in [2.45, 2.75) is 27.3 Å². The molecule has 3 rings (SSSR count). The van der Waals surface area contributed by atoms with Gasteiger partial charge in [-0.1, -0.05) is 18.2 Å². The van der Waals surface area contributed by atoms with Crippen LogP contribution in [0.5, 0.6) is 17.2 Å². The molecule has 148 valence electrons. The molecular weight excluding hydrogens is 358 g/mol. The molecule has 6 heteroatoms. The standard InChI is InChI=1S/C22H25NO5/c1-4-25-19-12-16(13-20(26-5-2)21(19)27-6-3)22(24)23-14-17-11-15-9-7-8-10-18(15)28-17/h7-13H,4-6,14H2,1-3H3,(H,23,24). The van der Waals surface area contributed by atoms with Crippen molar-refractivity contribution >= 4 is 16.9 Å². The van der Waals surface area contributed by atoms with E-state index in [0.29, 0.717) is 48.4 Å². The van der Waals surface area contributed by atoms with E-state index in [4.69, 9.17) is 18.6 Å². The zero-order valence-electron chi connectivity index (χ0n) is 16.4. The lowest BCUT2D eigenvalue weighted by Gasteiger charge is -2.17. The van der Waals surface area contributed by atoms with Crippen molar-refractivity contribution in [3.8, 4) is 17.2 Å². The van der Waals surface area contributed by atoms with Crippen LogP contribution in [0.4, 0.5) is 0 Å². The molecule has 1 N–H and O–H groups in total. The molecule has 0 saturated heterocycles. The highest BCUT2D eigenvalue weighted by Crippen LogP contribution is 2.39. The maximum atomic E-state index is 12.7. The highest BCUT2D eigenvalue weighted by Gasteiger charge is 2.18. The Morgan fingerprint density at radius 1 is 0.929 bits per heavy atom. The van der Waals surface area contributed by atoms with Crippen LogP contribution in [0.3, 0.4) is 0 Å². The molecule has 6 nitrogen and oxygen atoms in total. The second-order valence-corrected chi connectivity index (χ2v) is 6.03. The SMILES string of the molecule is CCOc1cc(C(=O)NCc2cc3ccccc3o2)cc(OCC)c1OCC. The van der Waals surface area contributed by atoms with E-state index < -0.39 is 0 Å². The molecule has 0 radical (unpaired) electrons. The van der Waals surface area contributed by atoms with Crippen LogP contribution in [-0.4, -0.2) is 25.7 Å². The molecule has 0 aliphatic rings. The summed E-state index contributed by atoms with van der Waals surface area (Å²) in [7, 11) is 0. The number of rotatable bonds is 9. The van der Waals surface area contributed by atoms with Crippen LogP contribution in [0.1, 0.15) is 36.9 Å².